The smallest absolute Gasteiger partial charge is 0.387 e. The molecule has 3 aliphatic carbocycles. The quantitative estimate of drug-likeness (QED) is 0.844. The zero-order chi connectivity index (χ0) is 17.8. The van der Waals surface area contributed by atoms with Gasteiger partial charge in [-0.15, -0.1) is 0 Å². The predicted octanol–water partition coefficient (Wildman–Crippen LogP) is 4.05. The number of rotatable bonds is 6. The van der Waals surface area contributed by atoms with Crippen LogP contribution in [0.5, 0.6) is 5.75 Å². The number of nitrogen functional groups attached to an aromatic ring is 1. The van der Waals surface area contributed by atoms with Crippen LogP contribution < -0.4 is 10.5 Å². The van der Waals surface area contributed by atoms with E-state index in [0.717, 1.165) is 30.0 Å². The second-order valence-electron chi connectivity index (χ2n) is 7.85. The van der Waals surface area contributed by atoms with E-state index >= 15 is 0 Å². The molecular weight excluding hydrogens is 338 g/mol. The highest BCUT2D eigenvalue weighted by Crippen LogP contribution is 2.63. The number of halogens is 2. The van der Waals surface area contributed by atoms with Gasteiger partial charge in [0.2, 0.25) is 0 Å². The first-order valence-electron chi connectivity index (χ1n) is 9.38. The highest BCUT2D eigenvalue weighted by atomic mass is 19.3. The van der Waals surface area contributed by atoms with Crippen molar-refractivity contribution in [2.75, 3.05) is 5.73 Å². The summed E-state index contributed by atoms with van der Waals surface area (Å²) in [6, 6.07) is 3.63. The zero-order valence-electron chi connectivity index (χ0n) is 14.4. The Morgan fingerprint density at radius 3 is 2.65 bits per heavy atom. The van der Waals surface area contributed by atoms with E-state index in [1.807, 2.05) is 0 Å². The van der Waals surface area contributed by atoms with E-state index in [1.165, 1.54) is 43.9 Å². The van der Waals surface area contributed by atoms with Crippen molar-refractivity contribution in [3.63, 3.8) is 0 Å². The van der Waals surface area contributed by atoms with Gasteiger partial charge in [0.1, 0.15) is 0 Å². The number of fused-ring (bicyclic) bond motifs is 1. The number of anilines is 1. The van der Waals surface area contributed by atoms with Crippen LogP contribution in [0.2, 0.25) is 0 Å². The van der Waals surface area contributed by atoms with Gasteiger partial charge in [-0.25, -0.2) is 4.98 Å². The van der Waals surface area contributed by atoms with E-state index < -0.39 is 6.61 Å². The van der Waals surface area contributed by atoms with E-state index in [4.69, 9.17) is 10.8 Å². The number of ether oxygens (including phenoxy) is 1. The maximum absolute atomic E-state index is 12.6. The van der Waals surface area contributed by atoms with Gasteiger partial charge in [-0.1, -0.05) is 6.42 Å². The molecule has 0 aliphatic heterocycles. The molecule has 2 aromatic heterocycles. The minimum absolute atomic E-state index is 0.0385. The van der Waals surface area contributed by atoms with Gasteiger partial charge < -0.3 is 10.5 Å². The minimum atomic E-state index is -2.93. The molecule has 2 aromatic rings. The van der Waals surface area contributed by atoms with Crippen LogP contribution in [0.25, 0.3) is 11.3 Å². The van der Waals surface area contributed by atoms with Crippen LogP contribution in [-0.4, -0.2) is 21.4 Å². The monoisotopic (exact) mass is 360 g/mol. The lowest BCUT2D eigenvalue weighted by molar-refractivity contribution is -0.0494. The van der Waals surface area contributed by atoms with E-state index in [0.29, 0.717) is 11.5 Å². The fourth-order valence-corrected chi connectivity index (χ4v) is 4.58. The molecule has 0 saturated heterocycles. The maximum Gasteiger partial charge on any atom is 0.387 e. The molecule has 138 valence electrons. The van der Waals surface area contributed by atoms with Crippen LogP contribution in [0.1, 0.15) is 43.7 Å². The largest absolute Gasteiger partial charge is 0.431 e. The Balaban J connectivity index is 1.48. The van der Waals surface area contributed by atoms with Gasteiger partial charge >= 0.3 is 6.61 Å². The molecule has 2 N–H and O–H groups in total. The highest BCUT2D eigenvalue weighted by molar-refractivity contribution is 5.64. The van der Waals surface area contributed by atoms with E-state index in [1.54, 1.807) is 6.20 Å². The summed E-state index contributed by atoms with van der Waals surface area (Å²) in [5.74, 6) is 2.81. The first-order valence-corrected chi connectivity index (χ1v) is 9.38. The van der Waals surface area contributed by atoms with Crippen LogP contribution in [0.15, 0.2) is 18.3 Å². The molecular formula is C19H22F2N4O. The summed E-state index contributed by atoms with van der Waals surface area (Å²) in [4.78, 5) is 4.01. The fraction of sp³-hybridized carbons (Fsp3) is 0.579. The third-order valence-corrected chi connectivity index (χ3v) is 6.08. The standard InChI is InChI=1S/C19H22F2N4O/c20-19(21)26-16-6-11(8-23-18(16)22)14-7-15(17-12-2-1-3-13(12)17)25(24-14)9-10-4-5-10/h6-8,10,12-13,17,19H,1-5,9H2,(H2,22,23)/t12-,13+,17?. The Labute approximate surface area is 150 Å². The van der Waals surface area contributed by atoms with Crippen LogP contribution in [0, 0.1) is 17.8 Å². The summed E-state index contributed by atoms with van der Waals surface area (Å²) in [5.41, 5.74) is 8.38. The molecule has 2 heterocycles. The van der Waals surface area contributed by atoms with Crippen molar-refractivity contribution in [2.24, 2.45) is 17.8 Å². The van der Waals surface area contributed by atoms with E-state index in [-0.39, 0.29) is 11.6 Å². The normalized spacial score (nSPS) is 27.0. The number of aromatic nitrogens is 3. The maximum atomic E-state index is 12.6. The van der Waals surface area contributed by atoms with Gasteiger partial charge in [-0.2, -0.15) is 13.9 Å². The van der Waals surface area contributed by atoms with Crippen LogP contribution >= 0.6 is 0 Å². The molecule has 0 bridgehead atoms. The molecule has 7 heteroatoms. The lowest BCUT2D eigenvalue weighted by Crippen LogP contribution is -2.07. The average Bonchev–Trinajstić information content (AvgIpc) is 3.44. The molecule has 1 unspecified atom stereocenters. The summed E-state index contributed by atoms with van der Waals surface area (Å²) in [5, 5.41) is 4.79. The molecule has 0 radical (unpaired) electrons. The number of nitrogens with two attached hydrogens (primary N) is 1. The van der Waals surface area contributed by atoms with E-state index in [9.17, 15) is 8.78 Å². The zero-order valence-corrected chi connectivity index (χ0v) is 14.4. The van der Waals surface area contributed by atoms with Crippen molar-refractivity contribution in [3.05, 3.63) is 24.0 Å². The van der Waals surface area contributed by atoms with E-state index in [2.05, 4.69) is 20.5 Å². The molecule has 3 aliphatic rings. The predicted molar refractivity (Wildman–Crippen MR) is 92.8 cm³/mol. The van der Waals surface area contributed by atoms with Gasteiger partial charge in [-0.05, 0) is 55.6 Å². The van der Waals surface area contributed by atoms with Crippen LogP contribution in [-0.2, 0) is 6.54 Å². The molecule has 5 nitrogen and oxygen atoms in total. The first-order chi connectivity index (χ1) is 12.6. The lowest BCUT2D eigenvalue weighted by Gasteiger charge is -2.08. The van der Waals surface area contributed by atoms with Crippen molar-refractivity contribution in [1.29, 1.82) is 0 Å². The molecule has 26 heavy (non-hydrogen) atoms. The molecule has 3 atom stereocenters. The fourth-order valence-electron chi connectivity index (χ4n) is 4.58. The Morgan fingerprint density at radius 2 is 1.96 bits per heavy atom. The number of hydrogen-bond acceptors (Lipinski definition) is 4. The molecule has 0 amide bonds. The Kier molecular flexibility index (Phi) is 3.65. The summed E-state index contributed by atoms with van der Waals surface area (Å²) >= 11 is 0. The van der Waals surface area contributed by atoms with Gasteiger partial charge in [-0.3, -0.25) is 4.68 Å². The number of pyridine rings is 1. The Hall–Kier alpha value is -2.18. The minimum Gasteiger partial charge on any atom is -0.431 e. The molecule has 3 fully saturated rings. The Morgan fingerprint density at radius 1 is 1.19 bits per heavy atom. The summed E-state index contributed by atoms with van der Waals surface area (Å²) in [6.07, 6.45) is 8.08. The summed E-state index contributed by atoms with van der Waals surface area (Å²) < 4.78 is 31.8. The second-order valence-corrected chi connectivity index (χ2v) is 7.85. The van der Waals surface area contributed by atoms with Crippen LogP contribution in [0.4, 0.5) is 14.6 Å². The topological polar surface area (TPSA) is 66.0 Å². The first kappa shape index (κ1) is 16.0. The molecule has 5 rings (SSSR count). The molecule has 0 aromatic carbocycles. The summed E-state index contributed by atoms with van der Waals surface area (Å²) in [7, 11) is 0. The van der Waals surface area contributed by atoms with Gasteiger partial charge in [0.25, 0.3) is 0 Å². The number of alkyl halides is 2. The third-order valence-electron chi connectivity index (χ3n) is 6.08. The van der Waals surface area contributed by atoms with Crippen molar-refractivity contribution in [2.45, 2.75) is 51.2 Å². The second kappa shape index (κ2) is 5.93. The van der Waals surface area contributed by atoms with Crippen molar-refractivity contribution >= 4 is 5.82 Å². The van der Waals surface area contributed by atoms with Gasteiger partial charge in [0.05, 0.1) is 5.69 Å². The van der Waals surface area contributed by atoms with Crippen molar-refractivity contribution < 1.29 is 13.5 Å². The molecule has 3 saturated carbocycles. The lowest BCUT2D eigenvalue weighted by atomic mass is 10.1. The van der Waals surface area contributed by atoms with Crippen molar-refractivity contribution in [1.82, 2.24) is 14.8 Å². The van der Waals surface area contributed by atoms with Gasteiger partial charge in [0.15, 0.2) is 11.6 Å². The Bertz CT molecular complexity index is 823. The number of hydrogen-bond donors (Lipinski definition) is 1. The SMILES string of the molecule is Nc1ncc(-c2cc(C3[C@H]4CCC[C@@H]34)n(CC3CC3)n2)cc1OC(F)F. The number of nitrogens with zero attached hydrogens (tertiary/aromatic N) is 3. The molecule has 0 spiro atoms. The summed E-state index contributed by atoms with van der Waals surface area (Å²) in [6.45, 7) is -1.98. The van der Waals surface area contributed by atoms with Crippen LogP contribution in [0.3, 0.4) is 0 Å². The highest BCUT2D eigenvalue weighted by Gasteiger charge is 2.54. The van der Waals surface area contributed by atoms with Crippen molar-refractivity contribution in [3.8, 4) is 17.0 Å². The van der Waals surface area contributed by atoms with Gasteiger partial charge in [0, 0.05) is 29.9 Å². The third kappa shape index (κ3) is 2.83. The average molecular weight is 360 g/mol.